The van der Waals surface area contributed by atoms with Gasteiger partial charge < -0.3 is 15.2 Å². The van der Waals surface area contributed by atoms with E-state index < -0.39 is 0 Å². The minimum atomic E-state index is 0.0298. The standard InChI is InChI=1S/C13H17ClN2O2S/c1-6(2)17-9-5-8(14)10-12(19-13(15)16-10)11(9)18-7(3)4/h5-7H,1-4H3,(H2,15,16). The van der Waals surface area contributed by atoms with Gasteiger partial charge in [-0.2, -0.15) is 0 Å². The van der Waals surface area contributed by atoms with Gasteiger partial charge in [-0.25, -0.2) is 4.98 Å². The van der Waals surface area contributed by atoms with Gasteiger partial charge in [-0.15, -0.1) is 0 Å². The van der Waals surface area contributed by atoms with Crippen LogP contribution in [0.4, 0.5) is 5.13 Å². The lowest BCUT2D eigenvalue weighted by atomic mass is 10.2. The van der Waals surface area contributed by atoms with Crippen molar-refractivity contribution in [1.82, 2.24) is 4.98 Å². The summed E-state index contributed by atoms with van der Waals surface area (Å²) in [5.41, 5.74) is 6.43. The van der Waals surface area contributed by atoms with Crippen LogP contribution < -0.4 is 15.2 Å². The van der Waals surface area contributed by atoms with Crippen molar-refractivity contribution in [1.29, 1.82) is 0 Å². The van der Waals surface area contributed by atoms with Crippen LogP contribution in [0.25, 0.3) is 10.2 Å². The maximum Gasteiger partial charge on any atom is 0.181 e. The summed E-state index contributed by atoms with van der Waals surface area (Å²) in [5.74, 6) is 1.29. The molecule has 1 aromatic carbocycles. The van der Waals surface area contributed by atoms with E-state index >= 15 is 0 Å². The molecule has 1 aromatic heterocycles. The molecule has 19 heavy (non-hydrogen) atoms. The second kappa shape index (κ2) is 5.43. The van der Waals surface area contributed by atoms with Crippen LogP contribution in [-0.4, -0.2) is 17.2 Å². The number of nitrogens with two attached hydrogens (primary N) is 1. The maximum absolute atomic E-state index is 6.22. The molecule has 4 nitrogen and oxygen atoms in total. The molecule has 104 valence electrons. The molecule has 0 aliphatic rings. The third-order valence-electron chi connectivity index (χ3n) is 2.27. The van der Waals surface area contributed by atoms with Gasteiger partial charge in [0.1, 0.15) is 10.2 Å². The van der Waals surface area contributed by atoms with Crippen LogP contribution in [0.5, 0.6) is 11.5 Å². The summed E-state index contributed by atoms with van der Waals surface area (Å²) in [7, 11) is 0. The molecule has 0 fully saturated rings. The first-order valence-corrected chi connectivity index (χ1v) is 7.29. The van der Waals surface area contributed by atoms with E-state index in [1.165, 1.54) is 11.3 Å². The smallest absolute Gasteiger partial charge is 0.181 e. The average molecular weight is 301 g/mol. The van der Waals surface area contributed by atoms with Crippen molar-refractivity contribution in [2.24, 2.45) is 0 Å². The van der Waals surface area contributed by atoms with E-state index in [0.717, 1.165) is 4.70 Å². The molecule has 0 saturated carbocycles. The zero-order chi connectivity index (χ0) is 14.2. The Hall–Kier alpha value is -1.20. The Labute approximate surface area is 121 Å². The summed E-state index contributed by atoms with van der Waals surface area (Å²) in [6.07, 6.45) is 0.0653. The summed E-state index contributed by atoms with van der Waals surface area (Å²) in [5, 5.41) is 0.988. The van der Waals surface area contributed by atoms with E-state index in [9.17, 15) is 0 Å². The average Bonchev–Trinajstić information content (AvgIpc) is 2.65. The molecule has 1 heterocycles. The first kappa shape index (κ1) is 14.2. The van der Waals surface area contributed by atoms with Gasteiger partial charge in [-0.3, -0.25) is 0 Å². The van der Waals surface area contributed by atoms with E-state index in [1.807, 2.05) is 27.7 Å². The van der Waals surface area contributed by atoms with Gasteiger partial charge >= 0.3 is 0 Å². The molecule has 0 amide bonds. The molecule has 2 N–H and O–H groups in total. The molecule has 2 aromatic rings. The van der Waals surface area contributed by atoms with Gasteiger partial charge in [0, 0.05) is 6.07 Å². The molecular formula is C13H17ClN2O2S. The zero-order valence-electron chi connectivity index (χ0n) is 11.4. The van der Waals surface area contributed by atoms with Gasteiger partial charge in [0.15, 0.2) is 16.6 Å². The fraction of sp³-hybridized carbons (Fsp3) is 0.462. The summed E-state index contributed by atoms with van der Waals surface area (Å²) >= 11 is 7.57. The van der Waals surface area contributed by atoms with Crippen molar-refractivity contribution in [2.45, 2.75) is 39.9 Å². The van der Waals surface area contributed by atoms with E-state index in [0.29, 0.717) is 27.2 Å². The summed E-state index contributed by atoms with van der Waals surface area (Å²) < 4.78 is 12.5. The van der Waals surface area contributed by atoms with Crippen LogP contribution in [0.3, 0.4) is 0 Å². The Kier molecular flexibility index (Phi) is 4.06. The molecule has 0 bridgehead atoms. The van der Waals surface area contributed by atoms with E-state index in [-0.39, 0.29) is 12.2 Å². The van der Waals surface area contributed by atoms with Crippen molar-refractivity contribution in [3.05, 3.63) is 11.1 Å². The second-order valence-electron chi connectivity index (χ2n) is 4.75. The lowest BCUT2D eigenvalue weighted by Crippen LogP contribution is -2.11. The third kappa shape index (κ3) is 3.04. The highest BCUT2D eigenvalue weighted by Crippen LogP contribution is 2.44. The third-order valence-corrected chi connectivity index (χ3v) is 3.45. The summed E-state index contributed by atoms with van der Waals surface area (Å²) in [6.45, 7) is 7.84. The number of rotatable bonds is 4. The van der Waals surface area contributed by atoms with Gasteiger partial charge in [-0.1, -0.05) is 22.9 Å². The molecule has 0 aliphatic heterocycles. The number of nitrogens with zero attached hydrogens (tertiary/aromatic N) is 1. The number of thiazole rings is 1. The largest absolute Gasteiger partial charge is 0.487 e. The maximum atomic E-state index is 6.22. The Bertz CT molecular complexity index is 596. The molecule has 0 unspecified atom stereocenters. The number of benzene rings is 1. The normalized spacial score (nSPS) is 11.5. The Morgan fingerprint density at radius 3 is 2.42 bits per heavy atom. The predicted molar refractivity (Wildman–Crippen MR) is 80.6 cm³/mol. The van der Waals surface area contributed by atoms with E-state index in [1.54, 1.807) is 6.07 Å². The molecule has 0 spiro atoms. The lowest BCUT2D eigenvalue weighted by molar-refractivity contribution is 0.201. The number of nitrogen functional groups attached to an aromatic ring is 1. The number of hydrogen-bond donors (Lipinski definition) is 1. The predicted octanol–water partition coefficient (Wildman–Crippen LogP) is 4.11. The van der Waals surface area contributed by atoms with Crippen LogP contribution in [0.1, 0.15) is 27.7 Å². The first-order chi connectivity index (χ1) is 8.88. The molecule has 0 aliphatic carbocycles. The Balaban J connectivity index is 2.64. The van der Waals surface area contributed by atoms with Crippen molar-refractivity contribution in [2.75, 3.05) is 5.73 Å². The number of anilines is 1. The molecule has 0 atom stereocenters. The quantitative estimate of drug-likeness (QED) is 0.923. The van der Waals surface area contributed by atoms with Gasteiger partial charge in [0.2, 0.25) is 0 Å². The van der Waals surface area contributed by atoms with Crippen LogP contribution in [0.15, 0.2) is 6.07 Å². The van der Waals surface area contributed by atoms with E-state index in [4.69, 9.17) is 26.8 Å². The molecular weight excluding hydrogens is 284 g/mol. The van der Waals surface area contributed by atoms with Crippen LogP contribution in [-0.2, 0) is 0 Å². The SMILES string of the molecule is CC(C)Oc1cc(Cl)c2nc(N)sc2c1OC(C)C. The minimum Gasteiger partial charge on any atom is -0.487 e. The van der Waals surface area contributed by atoms with Crippen LogP contribution in [0, 0.1) is 0 Å². The van der Waals surface area contributed by atoms with Crippen molar-refractivity contribution in [3.8, 4) is 11.5 Å². The van der Waals surface area contributed by atoms with Crippen molar-refractivity contribution < 1.29 is 9.47 Å². The minimum absolute atomic E-state index is 0.0298. The number of aromatic nitrogens is 1. The first-order valence-electron chi connectivity index (χ1n) is 6.10. The highest BCUT2D eigenvalue weighted by molar-refractivity contribution is 7.22. The Morgan fingerprint density at radius 1 is 1.21 bits per heavy atom. The monoisotopic (exact) mass is 300 g/mol. The summed E-state index contributed by atoms with van der Waals surface area (Å²) in [4.78, 5) is 4.23. The number of fused-ring (bicyclic) bond motifs is 1. The number of halogens is 1. The summed E-state index contributed by atoms with van der Waals surface area (Å²) in [6, 6.07) is 1.74. The van der Waals surface area contributed by atoms with E-state index in [2.05, 4.69) is 4.98 Å². The lowest BCUT2D eigenvalue weighted by Gasteiger charge is -2.17. The highest BCUT2D eigenvalue weighted by Gasteiger charge is 2.19. The zero-order valence-corrected chi connectivity index (χ0v) is 12.9. The number of ether oxygens (including phenoxy) is 2. The van der Waals surface area contributed by atoms with Gasteiger partial charge in [0.05, 0.1) is 17.2 Å². The molecule has 0 radical (unpaired) electrons. The molecule has 0 saturated heterocycles. The number of hydrogen-bond acceptors (Lipinski definition) is 5. The highest BCUT2D eigenvalue weighted by atomic mass is 35.5. The van der Waals surface area contributed by atoms with Crippen molar-refractivity contribution in [3.63, 3.8) is 0 Å². The molecule has 6 heteroatoms. The second-order valence-corrected chi connectivity index (χ2v) is 6.19. The fourth-order valence-corrected chi connectivity index (χ4v) is 2.83. The van der Waals surface area contributed by atoms with Crippen LogP contribution >= 0.6 is 22.9 Å². The topological polar surface area (TPSA) is 57.4 Å². The molecule has 2 rings (SSSR count). The fourth-order valence-electron chi connectivity index (χ4n) is 1.70. The van der Waals surface area contributed by atoms with Gasteiger partial charge in [0.25, 0.3) is 0 Å². The van der Waals surface area contributed by atoms with Crippen LogP contribution in [0.2, 0.25) is 5.02 Å². The van der Waals surface area contributed by atoms with Gasteiger partial charge in [-0.05, 0) is 27.7 Å². The Morgan fingerprint density at radius 2 is 1.84 bits per heavy atom. The van der Waals surface area contributed by atoms with Crippen molar-refractivity contribution >= 4 is 38.3 Å².